The fraction of sp³-hybridized carbons (Fsp3) is 0.500. The highest BCUT2D eigenvalue weighted by Gasteiger charge is 2.26. The molecule has 1 aliphatic rings. The Morgan fingerprint density at radius 1 is 1.53 bits per heavy atom. The zero-order valence-electron chi connectivity index (χ0n) is 9.97. The monoisotopic (exact) mass is 236 g/mol. The van der Waals surface area contributed by atoms with Crippen molar-refractivity contribution in [3.05, 3.63) is 33.9 Å². The van der Waals surface area contributed by atoms with Crippen molar-refractivity contribution in [3.8, 4) is 0 Å². The maximum Gasteiger partial charge on any atom is 0.295 e. The van der Waals surface area contributed by atoms with Gasteiger partial charge in [0.2, 0.25) is 0 Å². The Balaban J connectivity index is 2.26. The number of nitrogens with zero attached hydrogens (tertiary/aromatic N) is 1. The topological polar surface area (TPSA) is 64.4 Å². The number of hydrogen-bond donors (Lipinski definition) is 1. The fourth-order valence-corrected chi connectivity index (χ4v) is 2.14. The lowest BCUT2D eigenvalue weighted by atomic mass is 10.1. The first-order chi connectivity index (χ1) is 8.09. The van der Waals surface area contributed by atoms with E-state index in [1.165, 1.54) is 0 Å². The number of para-hydroxylation sites is 1. The molecule has 5 heteroatoms. The average Bonchev–Trinajstić information content (AvgIpc) is 2.64. The van der Waals surface area contributed by atoms with E-state index in [-0.39, 0.29) is 22.8 Å². The zero-order valence-corrected chi connectivity index (χ0v) is 9.97. The second kappa shape index (κ2) is 4.71. The molecule has 0 aromatic heterocycles. The summed E-state index contributed by atoms with van der Waals surface area (Å²) in [5.41, 5.74) is 1.41. The lowest BCUT2D eigenvalue weighted by Gasteiger charge is -2.17. The number of ether oxygens (including phenoxy) is 1. The molecule has 2 unspecified atom stereocenters. The largest absolute Gasteiger partial charge is 0.376 e. The number of nitro groups is 1. The van der Waals surface area contributed by atoms with E-state index >= 15 is 0 Å². The van der Waals surface area contributed by atoms with Crippen LogP contribution in [0, 0.1) is 17.0 Å². The fourth-order valence-electron chi connectivity index (χ4n) is 2.14. The highest BCUT2D eigenvalue weighted by Crippen LogP contribution is 2.30. The van der Waals surface area contributed by atoms with Gasteiger partial charge in [-0.1, -0.05) is 12.1 Å². The number of aryl methyl sites for hydroxylation is 1. The van der Waals surface area contributed by atoms with E-state index in [1.807, 2.05) is 13.0 Å². The molecule has 1 aromatic rings. The van der Waals surface area contributed by atoms with E-state index in [4.69, 9.17) is 4.74 Å². The summed E-state index contributed by atoms with van der Waals surface area (Å²) in [6, 6.07) is 5.47. The average molecular weight is 236 g/mol. The molecule has 1 aliphatic heterocycles. The number of rotatable bonds is 3. The van der Waals surface area contributed by atoms with Crippen LogP contribution in [0.2, 0.25) is 0 Å². The maximum atomic E-state index is 11.0. The Kier molecular flexibility index (Phi) is 3.28. The summed E-state index contributed by atoms with van der Waals surface area (Å²) in [6.07, 6.45) is 0.974. The third-order valence-corrected chi connectivity index (χ3v) is 3.14. The predicted octanol–water partition coefficient (Wildman–Crippen LogP) is 2.49. The van der Waals surface area contributed by atoms with E-state index in [1.54, 1.807) is 19.1 Å². The van der Waals surface area contributed by atoms with E-state index in [0.717, 1.165) is 6.42 Å². The molecule has 5 nitrogen and oxygen atoms in total. The van der Waals surface area contributed by atoms with Gasteiger partial charge in [0.15, 0.2) is 0 Å². The minimum atomic E-state index is -0.335. The van der Waals surface area contributed by atoms with Crippen molar-refractivity contribution in [2.45, 2.75) is 32.4 Å². The summed E-state index contributed by atoms with van der Waals surface area (Å²) < 4.78 is 5.44. The molecule has 1 fully saturated rings. The van der Waals surface area contributed by atoms with Gasteiger partial charge in [-0.05, 0) is 26.3 Å². The number of anilines is 1. The van der Waals surface area contributed by atoms with Gasteiger partial charge in [0.05, 0.1) is 17.1 Å². The first-order valence-electron chi connectivity index (χ1n) is 5.71. The second-order valence-electron chi connectivity index (χ2n) is 4.34. The minimum absolute atomic E-state index is 0.0927. The lowest BCUT2D eigenvalue weighted by Crippen LogP contribution is -2.27. The molecule has 0 amide bonds. The molecular formula is C12H16N2O3. The van der Waals surface area contributed by atoms with E-state index in [0.29, 0.717) is 17.9 Å². The number of nitrogens with one attached hydrogen (secondary N) is 1. The van der Waals surface area contributed by atoms with Crippen molar-refractivity contribution < 1.29 is 9.66 Å². The van der Waals surface area contributed by atoms with Crippen LogP contribution >= 0.6 is 0 Å². The summed E-state index contributed by atoms with van der Waals surface area (Å²) >= 11 is 0. The van der Waals surface area contributed by atoms with Crippen molar-refractivity contribution in [1.29, 1.82) is 0 Å². The van der Waals surface area contributed by atoms with Gasteiger partial charge in [-0.3, -0.25) is 10.1 Å². The van der Waals surface area contributed by atoms with Crippen LogP contribution in [0.1, 0.15) is 18.9 Å². The normalized spacial score (nSPS) is 23.6. The highest BCUT2D eigenvalue weighted by atomic mass is 16.6. The van der Waals surface area contributed by atoms with Crippen LogP contribution < -0.4 is 5.32 Å². The van der Waals surface area contributed by atoms with Crippen LogP contribution in [-0.4, -0.2) is 23.7 Å². The number of nitro benzene ring substituents is 1. The van der Waals surface area contributed by atoms with Gasteiger partial charge in [0.1, 0.15) is 5.69 Å². The lowest BCUT2D eigenvalue weighted by molar-refractivity contribution is -0.384. The Morgan fingerprint density at radius 3 is 2.88 bits per heavy atom. The van der Waals surface area contributed by atoms with Gasteiger partial charge in [0.25, 0.3) is 5.69 Å². The van der Waals surface area contributed by atoms with Gasteiger partial charge < -0.3 is 10.1 Å². The SMILES string of the molecule is Cc1cccc(NC2CCOC2C)c1[N+](=O)[O-]. The Morgan fingerprint density at radius 2 is 2.29 bits per heavy atom. The third kappa shape index (κ3) is 2.39. The third-order valence-electron chi connectivity index (χ3n) is 3.14. The second-order valence-corrected chi connectivity index (χ2v) is 4.34. The minimum Gasteiger partial charge on any atom is -0.376 e. The van der Waals surface area contributed by atoms with Crippen molar-refractivity contribution in [2.75, 3.05) is 11.9 Å². The molecule has 0 saturated carbocycles. The van der Waals surface area contributed by atoms with Crippen LogP contribution in [-0.2, 0) is 4.74 Å². The molecular weight excluding hydrogens is 220 g/mol. The molecule has 1 N–H and O–H groups in total. The van der Waals surface area contributed by atoms with Crippen molar-refractivity contribution in [3.63, 3.8) is 0 Å². The van der Waals surface area contributed by atoms with E-state index in [2.05, 4.69) is 5.32 Å². The van der Waals surface area contributed by atoms with Gasteiger partial charge in [-0.15, -0.1) is 0 Å². The van der Waals surface area contributed by atoms with Gasteiger partial charge in [-0.2, -0.15) is 0 Å². The summed E-state index contributed by atoms with van der Waals surface area (Å²) in [4.78, 5) is 10.7. The molecule has 0 radical (unpaired) electrons. The van der Waals surface area contributed by atoms with E-state index < -0.39 is 0 Å². The number of benzene rings is 1. The summed E-state index contributed by atoms with van der Waals surface area (Å²) in [5, 5.41) is 14.2. The molecule has 17 heavy (non-hydrogen) atoms. The van der Waals surface area contributed by atoms with Crippen LogP contribution in [0.15, 0.2) is 18.2 Å². The smallest absolute Gasteiger partial charge is 0.295 e. The standard InChI is InChI=1S/C12H16N2O3/c1-8-4-3-5-11(12(8)14(15)16)13-10-6-7-17-9(10)2/h3-5,9-10,13H,6-7H2,1-2H3. The van der Waals surface area contributed by atoms with Crippen LogP contribution in [0.4, 0.5) is 11.4 Å². The summed E-state index contributed by atoms with van der Waals surface area (Å²) in [5.74, 6) is 0. The molecule has 2 rings (SSSR count). The zero-order chi connectivity index (χ0) is 12.4. The van der Waals surface area contributed by atoms with Crippen LogP contribution in [0.5, 0.6) is 0 Å². The molecule has 0 bridgehead atoms. The van der Waals surface area contributed by atoms with Gasteiger partial charge in [0, 0.05) is 12.2 Å². The highest BCUT2D eigenvalue weighted by molar-refractivity contribution is 5.65. The molecule has 2 atom stereocenters. The van der Waals surface area contributed by atoms with E-state index in [9.17, 15) is 10.1 Å². The Bertz CT molecular complexity index is 434. The molecule has 1 saturated heterocycles. The van der Waals surface area contributed by atoms with Crippen LogP contribution in [0.3, 0.4) is 0 Å². The first-order valence-corrected chi connectivity index (χ1v) is 5.71. The molecule has 1 heterocycles. The Labute approximate surface area is 99.9 Å². The summed E-state index contributed by atoms with van der Waals surface area (Å²) in [6.45, 7) is 4.43. The van der Waals surface area contributed by atoms with Gasteiger partial charge in [-0.25, -0.2) is 0 Å². The van der Waals surface area contributed by atoms with Crippen molar-refractivity contribution in [1.82, 2.24) is 0 Å². The molecule has 0 aliphatic carbocycles. The maximum absolute atomic E-state index is 11.0. The molecule has 0 spiro atoms. The number of hydrogen-bond acceptors (Lipinski definition) is 4. The molecule has 92 valence electrons. The molecule has 1 aromatic carbocycles. The predicted molar refractivity (Wildman–Crippen MR) is 65.3 cm³/mol. The Hall–Kier alpha value is -1.62. The quantitative estimate of drug-likeness (QED) is 0.647. The van der Waals surface area contributed by atoms with Crippen molar-refractivity contribution >= 4 is 11.4 Å². The van der Waals surface area contributed by atoms with Crippen LogP contribution in [0.25, 0.3) is 0 Å². The van der Waals surface area contributed by atoms with Crippen molar-refractivity contribution in [2.24, 2.45) is 0 Å². The first kappa shape index (κ1) is 11.9. The summed E-state index contributed by atoms with van der Waals surface area (Å²) in [7, 11) is 0. The van der Waals surface area contributed by atoms with Gasteiger partial charge >= 0.3 is 0 Å².